The number of aromatic nitrogens is 2. The summed E-state index contributed by atoms with van der Waals surface area (Å²) in [4.78, 5) is 4.21. The molecule has 0 aliphatic heterocycles. The lowest BCUT2D eigenvalue weighted by Gasteiger charge is -2.13. The molecule has 1 aromatic heterocycles. The van der Waals surface area contributed by atoms with Crippen LogP contribution < -0.4 is 9.47 Å². The molecule has 118 valence electrons. The first kappa shape index (κ1) is 15.1. The zero-order chi connectivity index (χ0) is 16.1. The van der Waals surface area contributed by atoms with Gasteiger partial charge in [-0.15, -0.1) is 0 Å². The predicted molar refractivity (Wildman–Crippen MR) is 84.4 cm³/mol. The second kappa shape index (κ2) is 6.95. The number of aliphatic hydroxyl groups excluding tert-OH is 2. The van der Waals surface area contributed by atoms with Gasteiger partial charge < -0.3 is 19.7 Å². The third kappa shape index (κ3) is 3.18. The van der Waals surface area contributed by atoms with Crippen molar-refractivity contribution in [1.82, 2.24) is 9.55 Å². The van der Waals surface area contributed by atoms with Crippen LogP contribution in [0.1, 0.15) is 0 Å². The molecule has 3 aromatic rings. The van der Waals surface area contributed by atoms with Crippen LogP contribution in [0.15, 0.2) is 61.1 Å². The Morgan fingerprint density at radius 3 is 2.39 bits per heavy atom. The highest BCUT2D eigenvalue weighted by Crippen LogP contribution is 2.33. The van der Waals surface area contributed by atoms with E-state index in [0.29, 0.717) is 11.5 Å². The van der Waals surface area contributed by atoms with Crippen LogP contribution in [-0.2, 0) is 0 Å². The van der Waals surface area contributed by atoms with Gasteiger partial charge in [-0.05, 0) is 30.3 Å². The van der Waals surface area contributed by atoms with Gasteiger partial charge in [0.15, 0.2) is 25.1 Å². The topological polar surface area (TPSA) is 76.7 Å². The van der Waals surface area contributed by atoms with Gasteiger partial charge in [0.25, 0.3) is 0 Å². The monoisotopic (exact) mass is 312 g/mol. The van der Waals surface area contributed by atoms with E-state index in [1.165, 1.54) is 0 Å². The number of rotatable bonds is 6. The molecule has 6 nitrogen and oxygen atoms in total. The lowest BCUT2D eigenvalue weighted by Crippen LogP contribution is -2.02. The van der Waals surface area contributed by atoms with E-state index in [1.54, 1.807) is 24.7 Å². The summed E-state index contributed by atoms with van der Waals surface area (Å²) in [6, 6.07) is 15.1. The molecular weight excluding hydrogens is 296 g/mol. The summed E-state index contributed by atoms with van der Waals surface area (Å²) < 4.78 is 12.2. The summed E-state index contributed by atoms with van der Waals surface area (Å²) in [6.45, 7) is -0.952. The van der Waals surface area contributed by atoms with Gasteiger partial charge in [-0.3, -0.25) is 4.57 Å². The normalized spacial score (nSPS) is 10.5. The van der Waals surface area contributed by atoms with E-state index < -0.39 is 13.6 Å². The Hall–Kier alpha value is -2.83. The van der Waals surface area contributed by atoms with Crippen LogP contribution in [0.3, 0.4) is 0 Å². The molecule has 6 heteroatoms. The van der Waals surface area contributed by atoms with Gasteiger partial charge in [0.05, 0.1) is 18.2 Å². The van der Waals surface area contributed by atoms with Crippen LogP contribution in [-0.4, -0.2) is 33.4 Å². The van der Waals surface area contributed by atoms with Gasteiger partial charge in [0, 0.05) is 11.3 Å². The van der Waals surface area contributed by atoms with Crippen LogP contribution in [0.25, 0.3) is 16.9 Å². The summed E-state index contributed by atoms with van der Waals surface area (Å²) >= 11 is 0. The molecule has 0 atom stereocenters. The van der Waals surface area contributed by atoms with Crippen LogP contribution in [0.4, 0.5) is 0 Å². The summed E-state index contributed by atoms with van der Waals surface area (Å²) in [5, 5.41) is 17.9. The molecule has 0 saturated carbocycles. The maximum absolute atomic E-state index is 9.01. The minimum Gasteiger partial charge on any atom is -0.464 e. The zero-order valence-corrected chi connectivity index (χ0v) is 12.3. The van der Waals surface area contributed by atoms with Crippen LogP contribution in [0, 0.1) is 0 Å². The first-order valence-electron chi connectivity index (χ1n) is 7.03. The average molecular weight is 312 g/mol. The molecule has 0 radical (unpaired) electrons. The molecular formula is C17H16N2O4. The zero-order valence-electron chi connectivity index (χ0n) is 12.3. The Balaban J connectivity index is 2.03. The fourth-order valence-corrected chi connectivity index (χ4v) is 2.34. The number of hydrogen-bond donors (Lipinski definition) is 2. The Kier molecular flexibility index (Phi) is 4.56. The van der Waals surface area contributed by atoms with E-state index in [9.17, 15) is 0 Å². The second-order valence-electron chi connectivity index (χ2n) is 4.69. The summed E-state index contributed by atoms with van der Waals surface area (Å²) in [7, 11) is 0. The number of imidazole rings is 1. The molecule has 2 N–H and O–H groups in total. The maximum Gasteiger partial charge on any atom is 0.186 e. The third-order valence-electron chi connectivity index (χ3n) is 3.35. The molecule has 0 spiro atoms. The van der Waals surface area contributed by atoms with Crippen LogP contribution in [0.5, 0.6) is 11.5 Å². The summed E-state index contributed by atoms with van der Waals surface area (Å²) in [5.41, 5.74) is 2.70. The minimum absolute atomic E-state index is 0.347. The van der Waals surface area contributed by atoms with E-state index >= 15 is 0 Å². The van der Waals surface area contributed by atoms with Crippen molar-refractivity contribution in [2.45, 2.75) is 0 Å². The van der Waals surface area contributed by atoms with Gasteiger partial charge in [0.2, 0.25) is 0 Å². The van der Waals surface area contributed by atoms with Crippen LogP contribution in [0.2, 0.25) is 0 Å². The highest BCUT2D eigenvalue weighted by Gasteiger charge is 2.11. The number of ether oxygens (including phenoxy) is 2. The molecule has 1 heterocycles. The van der Waals surface area contributed by atoms with Crippen molar-refractivity contribution >= 4 is 0 Å². The first-order chi connectivity index (χ1) is 11.3. The van der Waals surface area contributed by atoms with E-state index in [4.69, 9.17) is 19.7 Å². The largest absolute Gasteiger partial charge is 0.464 e. The van der Waals surface area contributed by atoms with Gasteiger partial charge in [-0.2, -0.15) is 0 Å². The summed E-state index contributed by atoms with van der Waals surface area (Å²) in [6.07, 6.45) is 3.48. The average Bonchev–Trinajstić information content (AvgIpc) is 3.07. The summed E-state index contributed by atoms with van der Waals surface area (Å²) in [5.74, 6) is 0.705. The van der Waals surface area contributed by atoms with Gasteiger partial charge in [-0.1, -0.05) is 18.2 Å². The number of aliphatic hydroxyl groups is 2. The Labute approximate surface area is 133 Å². The van der Waals surface area contributed by atoms with Gasteiger partial charge >= 0.3 is 0 Å². The van der Waals surface area contributed by atoms with E-state index in [2.05, 4.69) is 4.98 Å². The fraction of sp³-hybridized carbons (Fsp3) is 0.118. The minimum atomic E-state index is -0.483. The smallest absolute Gasteiger partial charge is 0.186 e. The lowest BCUT2D eigenvalue weighted by atomic mass is 10.1. The van der Waals surface area contributed by atoms with Crippen molar-refractivity contribution in [3.05, 3.63) is 61.1 Å². The number of benzene rings is 2. The van der Waals surface area contributed by atoms with Crippen molar-refractivity contribution in [3.8, 4) is 28.4 Å². The molecule has 0 amide bonds. The first-order valence-corrected chi connectivity index (χ1v) is 7.03. The fourth-order valence-electron chi connectivity index (χ4n) is 2.34. The Morgan fingerprint density at radius 2 is 1.65 bits per heavy atom. The molecule has 0 aliphatic carbocycles. The standard InChI is InChI=1S/C17H16N2O4/c20-11-22-16-7-6-13(8-17(16)23-12-21)15-9-18-10-19(15)14-4-2-1-3-5-14/h1-10,20-21H,11-12H2. The number of hydrogen-bond acceptors (Lipinski definition) is 5. The highest BCUT2D eigenvalue weighted by atomic mass is 16.6. The molecule has 0 saturated heterocycles. The van der Waals surface area contributed by atoms with Crippen molar-refractivity contribution in [3.63, 3.8) is 0 Å². The molecule has 0 bridgehead atoms. The van der Waals surface area contributed by atoms with Gasteiger partial charge in [-0.25, -0.2) is 4.98 Å². The number of para-hydroxylation sites is 1. The lowest BCUT2D eigenvalue weighted by molar-refractivity contribution is 0.0744. The molecule has 23 heavy (non-hydrogen) atoms. The van der Waals surface area contributed by atoms with Crippen molar-refractivity contribution in [2.24, 2.45) is 0 Å². The highest BCUT2D eigenvalue weighted by molar-refractivity contribution is 5.66. The third-order valence-corrected chi connectivity index (χ3v) is 3.35. The molecule has 0 unspecified atom stereocenters. The van der Waals surface area contributed by atoms with E-state index in [-0.39, 0.29) is 0 Å². The van der Waals surface area contributed by atoms with Gasteiger partial charge in [0.1, 0.15) is 0 Å². The Morgan fingerprint density at radius 1 is 0.913 bits per heavy atom. The molecule has 3 rings (SSSR count). The van der Waals surface area contributed by atoms with Crippen molar-refractivity contribution in [2.75, 3.05) is 13.6 Å². The van der Waals surface area contributed by atoms with E-state index in [0.717, 1.165) is 16.9 Å². The maximum atomic E-state index is 9.01. The quantitative estimate of drug-likeness (QED) is 0.682. The SMILES string of the molecule is OCOc1ccc(-c2cncn2-c2ccccc2)cc1OCO. The van der Waals surface area contributed by atoms with Crippen molar-refractivity contribution in [1.29, 1.82) is 0 Å². The van der Waals surface area contributed by atoms with Crippen molar-refractivity contribution < 1.29 is 19.7 Å². The van der Waals surface area contributed by atoms with E-state index in [1.807, 2.05) is 41.0 Å². The molecule has 2 aromatic carbocycles. The number of nitrogens with zero attached hydrogens (tertiary/aromatic N) is 2. The molecule has 0 aliphatic rings. The predicted octanol–water partition coefficient (Wildman–Crippen LogP) is 2.20. The second-order valence-corrected chi connectivity index (χ2v) is 4.69. The molecule has 0 fully saturated rings. The Bertz CT molecular complexity index is 771. The van der Waals surface area contributed by atoms with Crippen LogP contribution >= 0.6 is 0 Å².